The van der Waals surface area contributed by atoms with Gasteiger partial charge >= 0.3 is 5.97 Å². The van der Waals surface area contributed by atoms with Gasteiger partial charge in [-0.15, -0.1) is 24.2 Å². The second-order valence-electron chi connectivity index (χ2n) is 10.2. The molecular formula is C31H32ClN3O4S. The minimum atomic E-state index is -0.886. The largest absolute Gasteiger partial charge is 0.481 e. The van der Waals surface area contributed by atoms with Crippen LogP contribution in [0.2, 0.25) is 5.02 Å². The molecule has 0 aliphatic carbocycles. The van der Waals surface area contributed by atoms with Crippen LogP contribution in [0.1, 0.15) is 31.9 Å². The highest BCUT2D eigenvalue weighted by Crippen LogP contribution is 2.41. The molecule has 208 valence electrons. The molecule has 3 aromatic carbocycles. The molecule has 0 aliphatic heterocycles. The van der Waals surface area contributed by atoms with Gasteiger partial charge in [-0.2, -0.15) is 0 Å². The number of aromatic nitrogens is 3. The number of hydrogen-bond donors (Lipinski definition) is 2. The van der Waals surface area contributed by atoms with Gasteiger partial charge in [-0.25, -0.2) is 4.98 Å². The van der Waals surface area contributed by atoms with Crippen LogP contribution < -0.4 is 5.56 Å². The Morgan fingerprint density at radius 3 is 2.17 bits per heavy atom. The molecule has 40 heavy (non-hydrogen) atoms. The summed E-state index contributed by atoms with van der Waals surface area (Å²) < 4.78 is 4.31. The van der Waals surface area contributed by atoms with Crippen molar-refractivity contribution < 1.29 is 15.0 Å². The fourth-order valence-electron chi connectivity index (χ4n) is 4.25. The molecule has 0 radical (unpaired) electrons. The Morgan fingerprint density at radius 2 is 1.60 bits per heavy atom. The van der Waals surface area contributed by atoms with Crippen molar-refractivity contribution in [1.82, 2.24) is 14.3 Å². The van der Waals surface area contributed by atoms with Gasteiger partial charge in [-0.1, -0.05) is 23.7 Å². The molecule has 2 aromatic heterocycles. The Morgan fingerprint density at radius 1 is 1.02 bits per heavy atom. The van der Waals surface area contributed by atoms with E-state index in [1.54, 1.807) is 44.6 Å². The molecule has 0 amide bonds. The number of rotatable bonds is 4. The predicted octanol–water partition coefficient (Wildman–Crippen LogP) is 6.44. The third kappa shape index (κ3) is 6.62. The number of hydrogen-bond acceptors (Lipinski definition) is 5. The van der Waals surface area contributed by atoms with E-state index in [0.29, 0.717) is 10.4 Å². The van der Waals surface area contributed by atoms with E-state index in [4.69, 9.17) is 21.7 Å². The summed E-state index contributed by atoms with van der Waals surface area (Å²) in [5.41, 5.74) is 5.35. The Labute approximate surface area is 242 Å². The van der Waals surface area contributed by atoms with Crippen molar-refractivity contribution in [3.8, 4) is 34.5 Å². The summed E-state index contributed by atoms with van der Waals surface area (Å²) in [4.78, 5) is 29.1. The molecule has 0 aliphatic rings. The van der Waals surface area contributed by atoms with Crippen LogP contribution in [-0.2, 0) is 25.3 Å². The first-order valence-electron chi connectivity index (χ1n) is 12.4. The summed E-state index contributed by atoms with van der Waals surface area (Å²) >= 11 is 7.60. The maximum atomic E-state index is 12.6. The number of aliphatic carboxylic acids is 1. The minimum absolute atomic E-state index is 0.0584. The van der Waals surface area contributed by atoms with Crippen molar-refractivity contribution in [2.45, 2.75) is 39.7 Å². The zero-order chi connectivity index (χ0) is 29.9. The lowest BCUT2D eigenvalue weighted by atomic mass is 9.93. The van der Waals surface area contributed by atoms with E-state index in [1.807, 2.05) is 55.1 Å². The van der Waals surface area contributed by atoms with Crippen molar-refractivity contribution in [3.63, 3.8) is 0 Å². The molecular weight excluding hydrogens is 546 g/mol. The molecule has 5 rings (SSSR count). The second-order valence-corrected chi connectivity index (χ2v) is 11.7. The van der Waals surface area contributed by atoms with Crippen molar-refractivity contribution in [1.29, 1.82) is 0 Å². The first-order valence-corrected chi connectivity index (χ1v) is 13.6. The maximum absolute atomic E-state index is 12.6. The van der Waals surface area contributed by atoms with Crippen LogP contribution in [0, 0.1) is 19.8 Å². The lowest BCUT2D eigenvalue weighted by molar-refractivity contribution is -0.136. The molecule has 0 spiro atoms. The van der Waals surface area contributed by atoms with Crippen molar-refractivity contribution in [2.24, 2.45) is 14.1 Å². The van der Waals surface area contributed by atoms with Gasteiger partial charge < -0.3 is 10.2 Å². The molecule has 7 nitrogen and oxygen atoms in total. The first kappa shape index (κ1) is 30.6. The number of benzene rings is 3. The Hall–Kier alpha value is -3.90. The topological polar surface area (TPSA) is 97.4 Å². The average Bonchev–Trinajstić information content (AvgIpc) is 3.40. The number of terminal acetylenes is 1. The van der Waals surface area contributed by atoms with E-state index in [9.17, 15) is 14.7 Å². The SMILES string of the molecule is C#C.CC(C)(C)O.Cc1cc2nc(-c3ccc4c(c3)c(=O)n(C)n4C)sc2c(-c2ccc(Cl)cc2)c1CC(=O)O. The van der Waals surface area contributed by atoms with E-state index in [2.05, 4.69) is 12.8 Å². The van der Waals surface area contributed by atoms with Gasteiger partial charge in [0, 0.05) is 30.2 Å². The van der Waals surface area contributed by atoms with Gasteiger partial charge in [0.05, 0.1) is 33.1 Å². The summed E-state index contributed by atoms with van der Waals surface area (Å²) in [6, 6.07) is 15.1. The molecule has 0 saturated heterocycles. The van der Waals surface area contributed by atoms with Crippen LogP contribution in [0.15, 0.2) is 53.3 Å². The molecule has 9 heteroatoms. The zero-order valence-corrected chi connectivity index (χ0v) is 24.9. The number of carboxylic acids is 1. The number of aliphatic hydroxyl groups is 1. The zero-order valence-electron chi connectivity index (χ0n) is 23.3. The van der Waals surface area contributed by atoms with Crippen LogP contribution >= 0.6 is 22.9 Å². The molecule has 0 unspecified atom stereocenters. The fourth-order valence-corrected chi connectivity index (χ4v) is 5.51. The fraction of sp³-hybridized carbons (Fsp3) is 0.258. The number of carboxylic acid groups (broad SMARTS) is 1. The molecule has 2 N–H and O–H groups in total. The minimum Gasteiger partial charge on any atom is -0.481 e. The molecule has 0 fully saturated rings. The van der Waals surface area contributed by atoms with Gasteiger partial charge in [0.15, 0.2) is 0 Å². The van der Waals surface area contributed by atoms with Gasteiger partial charge in [0.25, 0.3) is 5.56 Å². The van der Waals surface area contributed by atoms with Crippen LogP contribution in [0.5, 0.6) is 0 Å². The third-order valence-corrected chi connectivity index (χ3v) is 7.43. The lowest BCUT2D eigenvalue weighted by Gasteiger charge is -2.13. The van der Waals surface area contributed by atoms with Crippen molar-refractivity contribution in [3.05, 3.63) is 75.0 Å². The monoisotopic (exact) mass is 577 g/mol. The highest BCUT2D eigenvalue weighted by atomic mass is 35.5. The summed E-state index contributed by atoms with van der Waals surface area (Å²) in [5, 5.41) is 20.1. The Bertz CT molecular complexity index is 1760. The quantitative estimate of drug-likeness (QED) is 0.240. The molecule has 0 atom stereocenters. The highest BCUT2D eigenvalue weighted by molar-refractivity contribution is 7.22. The molecule has 0 saturated carbocycles. The number of aryl methyl sites for hydroxylation is 2. The Kier molecular flexibility index (Phi) is 9.26. The number of fused-ring (bicyclic) bond motifs is 2. The van der Waals surface area contributed by atoms with E-state index < -0.39 is 11.6 Å². The van der Waals surface area contributed by atoms with E-state index >= 15 is 0 Å². The Balaban J connectivity index is 0.000000570. The van der Waals surface area contributed by atoms with Gasteiger partial charge in [-0.3, -0.25) is 19.0 Å². The van der Waals surface area contributed by atoms with E-state index in [1.165, 1.54) is 11.3 Å². The van der Waals surface area contributed by atoms with Crippen molar-refractivity contribution >= 4 is 50.0 Å². The predicted molar refractivity (Wildman–Crippen MR) is 165 cm³/mol. The van der Waals surface area contributed by atoms with Crippen LogP contribution in [0.4, 0.5) is 0 Å². The van der Waals surface area contributed by atoms with Crippen LogP contribution in [-0.4, -0.2) is 36.1 Å². The standard InChI is InChI=1S/C25H20ClN3O3S.C4H10O.C2H2/c1-13-10-19-23(22(17(13)12-21(30)31)14-4-7-16(26)8-5-14)33-24(27-19)15-6-9-20-18(11-15)25(32)29(3)28(20)2;1-4(2,3)5;1-2/h4-11H,12H2,1-3H3,(H,30,31);5H,1-3H3;1-2H. The first-order chi connectivity index (χ1) is 18.7. The van der Waals surface area contributed by atoms with E-state index in [-0.39, 0.29) is 12.0 Å². The number of nitrogens with zero attached hydrogens (tertiary/aromatic N) is 3. The molecule has 5 aromatic rings. The number of halogens is 1. The summed E-state index contributed by atoms with van der Waals surface area (Å²) in [6.45, 7) is 7.14. The van der Waals surface area contributed by atoms with Gasteiger partial charge in [0.2, 0.25) is 0 Å². The summed E-state index contributed by atoms with van der Waals surface area (Å²) in [6.07, 6.45) is 7.92. The summed E-state index contributed by atoms with van der Waals surface area (Å²) in [7, 11) is 3.59. The smallest absolute Gasteiger partial charge is 0.307 e. The maximum Gasteiger partial charge on any atom is 0.307 e. The van der Waals surface area contributed by atoms with Crippen molar-refractivity contribution in [2.75, 3.05) is 0 Å². The normalized spacial score (nSPS) is 11.1. The van der Waals surface area contributed by atoms with Gasteiger partial charge in [-0.05, 0) is 80.8 Å². The molecule has 2 heterocycles. The number of thiazole rings is 1. The second kappa shape index (κ2) is 12.1. The number of carbonyl (C=O) groups is 1. The highest BCUT2D eigenvalue weighted by Gasteiger charge is 2.20. The van der Waals surface area contributed by atoms with Gasteiger partial charge in [0.1, 0.15) is 5.01 Å². The average molecular weight is 578 g/mol. The van der Waals surface area contributed by atoms with Crippen LogP contribution in [0.25, 0.3) is 42.8 Å². The third-order valence-electron chi connectivity index (χ3n) is 6.04. The lowest BCUT2D eigenvalue weighted by Crippen LogP contribution is -2.16. The van der Waals surface area contributed by atoms with Crippen LogP contribution in [0.3, 0.4) is 0 Å². The molecule has 0 bridgehead atoms. The summed E-state index contributed by atoms with van der Waals surface area (Å²) in [5.74, 6) is -0.886. The van der Waals surface area contributed by atoms with E-state index in [0.717, 1.165) is 48.6 Å².